The minimum Gasteiger partial charge on any atom is -0.300 e. The summed E-state index contributed by atoms with van der Waals surface area (Å²) in [7, 11) is 0. The molecule has 60 valence electrons. The second-order valence-corrected chi connectivity index (χ2v) is 4.18. The number of carbonyl (C=O) groups excluding carboxylic acids is 1. The van der Waals surface area contributed by atoms with Gasteiger partial charge >= 0.3 is 0 Å². The fraction of sp³-hybridized carbons (Fsp3) is 0.750. The molecule has 1 aliphatic heterocycles. The van der Waals surface area contributed by atoms with Crippen LogP contribution < -0.4 is 0 Å². The van der Waals surface area contributed by atoms with Crippen LogP contribution in [0.2, 0.25) is 0 Å². The van der Waals surface area contributed by atoms with Crippen molar-refractivity contribution in [2.24, 2.45) is 5.41 Å². The standard InChI is InChI=1S/C8H11NOS/c1-7(10)4-8(5-9)2-3-11-6-8/h2-4,6H2,1H3. The maximum atomic E-state index is 10.8. The van der Waals surface area contributed by atoms with Crippen molar-refractivity contribution in [2.45, 2.75) is 19.8 Å². The van der Waals surface area contributed by atoms with Crippen molar-refractivity contribution in [1.29, 1.82) is 5.26 Å². The van der Waals surface area contributed by atoms with Gasteiger partial charge in [0, 0.05) is 12.2 Å². The highest BCUT2D eigenvalue weighted by Gasteiger charge is 2.35. The maximum absolute atomic E-state index is 10.8. The number of nitrogens with zero attached hydrogens (tertiary/aromatic N) is 1. The average molecular weight is 169 g/mol. The van der Waals surface area contributed by atoms with E-state index >= 15 is 0 Å². The molecule has 0 spiro atoms. The van der Waals surface area contributed by atoms with Crippen LogP contribution in [0.3, 0.4) is 0 Å². The summed E-state index contributed by atoms with van der Waals surface area (Å²) in [5.41, 5.74) is -0.323. The Morgan fingerprint density at radius 1 is 1.82 bits per heavy atom. The number of rotatable bonds is 2. The van der Waals surface area contributed by atoms with Gasteiger partial charge in [-0.1, -0.05) is 0 Å². The lowest BCUT2D eigenvalue weighted by atomic mass is 9.84. The summed E-state index contributed by atoms with van der Waals surface area (Å²) in [6.07, 6.45) is 1.32. The maximum Gasteiger partial charge on any atom is 0.131 e. The molecule has 1 fully saturated rings. The third-order valence-corrected chi connectivity index (χ3v) is 3.18. The van der Waals surface area contributed by atoms with Crippen LogP contribution in [-0.4, -0.2) is 17.3 Å². The lowest BCUT2D eigenvalue weighted by Gasteiger charge is -2.16. The Morgan fingerprint density at radius 3 is 2.91 bits per heavy atom. The van der Waals surface area contributed by atoms with Crippen molar-refractivity contribution in [3.8, 4) is 6.07 Å². The van der Waals surface area contributed by atoms with Gasteiger partial charge in [0.1, 0.15) is 5.78 Å². The summed E-state index contributed by atoms with van der Waals surface area (Å²) in [6, 6.07) is 2.27. The second kappa shape index (κ2) is 3.27. The first-order valence-corrected chi connectivity index (χ1v) is 4.82. The normalized spacial score (nSPS) is 29.8. The van der Waals surface area contributed by atoms with Gasteiger partial charge in [-0.3, -0.25) is 4.79 Å². The van der Waals surface area contributed by atoms with Gasteiger partial charge in [0.25, 0.3) is 0 Å². The zero-order valence-corrected chi connectivity index (χ0v) is 7.41. The van der Waals surface area contributed by atoms with Gasteiger partial charge in [0.05, 0.1) is 11.5 Å². The van der Waals surface area contributed by atoms with E-state index in [1.54, 1.807) is 18.7 Å². The zero-order valence-electron chi connectivity index (χ0n) is 6.59. The van der Waals surface area contributed by atoms with Crippen LogP contribution in [-0.2, 0) is 4.79 Å². The van der Waals surface area contributed by atoms with Gasteiger partial charge in [0.15, 0.2) is 0 Å². The molecule has 0 aromatic rings. The van der Waals surface area contributed by atoms with Crippen molar-refractivity contribution >= 4 is 17.5 Å². The molecule has 1 atom stereocenters. The number of thioether (sulfide) groups is 1. The third-order valence-electron chi connectivity index (χ3n) is 1.93. The molecule has 1 unspecified atom stereocenters. The second-order valence-electron chi connectivity index (χ2n) is 3.07. The number of carbonyl (C=O) groups is 1. The lowest BCUT2D eigenvalue weighted by molar-refractivity contribution is -0.118. The number of hydrogen-bond acceptors (Lipinski definition) is 3. The fourth-order valence-corrected chi connectivity index (χ4v) is 2.73. The highest BCUT2D eigenvalue weighted by Crippen LogP contribution is 2.38. The number of nitriles is 1. The molecule has 0 saturated carbocycles. The largest absolute Gasteiger partial charge is 0.300 e. The molecule has 0 N–H and O–H groups in total. The first kappa shape index (κ1) is 8.61. The van der Waals surface area contributed by atoms with E-state index < -0.39 is 0 Å². The molecule has 0 bridgehead atoms. The molecule has 1 heterocycles. The van der Waals surface area contributed by atoms with Gasteiger partial charge in [-0.2, -0.15) is 17.0 Å². The Labute approximate surface area is 71.0 Å². The number of hydrogen-bond donors (Lipinski definition) is 0. The van der Waals surface area contributed by atoms with Crippen LogP contribution in [0.4, 0.5) is 0 Å². The Kier molecular flexibility index (Phi) is 2.56. The zero-order chi connectivity index (χ0) is 8.32. The minimum absolute atomic E-state index is 0.133. The monoisotopic (exact) mass is 169 g/mol. The highest BCUT2D eigenvalue weighted by molar-refractivity contribution is 7.99. The Morgan fingerprint density at radius 2 is 2.55 bits per heavy atom. The van der Waals surface area contributed by atoms with E-state index in [0.29, 0.717) is 6.42 Å². The summed E-state index contributed by atoms with van der Waals surface area (Å²) in [5.74, 6) is 2.00. The molecule has 1 rings (SSSR count). The molecule has 0 aliphatic carbocycles. The van der Waals surface area contributed by atoms with Crippen molar-refractivity contribution in [1.82, 2.24) is 0 Å². The van der Waals surface area contributed by atoms with E-state index in [4.69, 9.17) is 5.26 Å². The van der Waals surface area contributed by atoms with Crippen LogP contribution >= 0.6 is 11.8 Å². The van der Waals surface area contributed by atoms with Gasteiger partial charge in [-0.15, -0.1) is 0 Å². The van der Waals surface area contributed by atoms with Gasteiger partial charge in [0.2, 0.25) is 0 Å². The number of ketones is 1. The minimum atomic E-state index is -0.323. The van der Waals surface area contributed by atoms with Crippen molar-refractivity contribution < 1.29 is 4.79 Å². The molecule has 0 aromatic heterocycles. The molecule has 0 radical (unpaired) electrons. The van der Waals surface area contributed by atoms with Gasteiger partial charge in [-0.05, 0) is 19.1 Å². The van der Waals surface area contributed by atoms with E-state index in [1.165, 1.54) is 0 Å². The first-order chi connectivity index (χ1) is 5.18. The number of Topliss-reactive ketones (excluding diaryl/α,β-unsaturated/α-hetero) is 1. The van der Waals surface area contributed by atoms with Crippen LogP contribution in [0.25, 0.3) is 0 Å². The Balaban J connectivity index is 2.61. The van der Waals surface area contributed by atoms with Crippen LogP contribution in [0, 0.1) is 16.7 Å². The molecule has 3 heteroatoms. The van der Waals surface area contributed by atoms with E-state index in [9.17, 15) is 4.79 Å². The summed E-state index contributed by atoms with van der Waals surface area (Å²) < 4.78 is 0. The van der Waals surface area contributed by atoms with Crippen LogP contribution in [0.5, 0.6) is 0 Å². The van der Waals surface area contributed by atoms with Crippen LogP contribution in [0.15, 0.2) is 0 Å². The lowest BCUT2D eigenvalue weighted by Crippen LogP contribution is -2.20. The molecule has 1 saturated heterocycles. The van der Waals surface area contributed by atoms with Gasteiger partial charge in [-0.25, -0.2) is 0 Å². The fourth-order valence-electron chi connectivity index (χ4n) is 1.35. The molecule has 1 aliphatic rings. The van der Waals surface area contributed by atoms with Gasteiger partial charge < -0.3 is 0 Å². The Bertz CT molecular complexity index is 201. The summed E-state index contributed by atoms with van der Waals surface area (Å²) in [6.45, 7) is 1.56. The quantitative estimate of drug-likeness (QED) is 0.630. The SMILES string of the molecule is CC(=O)CC1(C#N)CCSC1. The summed E-state index contributed by atoms with van der Waals surface area (Å²) >= 11 is 1.77. The molecule has 0 amide bonds. The predicted octanol–water partition coefficient (Wildman–Crippen LogP) is 1.61. The summed E-state index contributed by atoms with van der Waals surface area (Å²) in [5, 5.41) is 8.85. The highest BCUT2D eigenvalue weighted by atomic mass is 32.2. The van der Waals surface area contributed by atoms with Crippen molar-refractivity contribution in [3.05, 3.63) is 0 Å². The van der Waals surface area contributed by atoms with Crippen molar-refractivity contribution in [3.63, 3.8) is 0 Å². The van der Waals surface area contributed by atoms with E-state index in [2.05, 4.69) is 6.07 Å². The Hall–Kier alpha value is -0.490. The molecule has 11 heavy (non-hydrogen) atoms. The van der Waals surface area contributed by atoms with E-state index in [1.807, 2.05) is 0 Å². The average Bonchev–Trinajstić information content (AvgIpc) is 2.36. The van der Waals surface area contributed by atoms with Crippen molar-refractivity contribution in [2.75, 3.05) is 11.5 Å². The van der Waals surface area contributed by atoms with Crippen LogP contribution in [0.1, 0.15) is 19.8 Å². The smallest absolute Gasteiger partial charge is 0.131 e. The predicted molar refractivity (Wildman–Crippen MR) is 45.3 cm³/mol. The molecule has 0 aromatic carbocycles. The topological polar surface area (TPSA) is 40.9 Å². The summed E-state index contributed by atoms with van der Waals surface area (Å²) in [4.78, 5) is 10.8. The molecular formula is C8H11NOS. The third kappa shape index (κ3) is 1.97. The van der Waals surface area contributed by atoms with E-state index in [0.717, 1.165) is 17.9 Å². The molecular weight excluding hydrogens is 158 g/mol. The first-order valence-electron chi connectivity index (χ1n) is 3.67. The molecule has 2 nitrogen and oxygen atoms in total. The van der Waals surface area contributed by atoms with E-state index in [-0.39, 0.29) is 11.2 Å².